The van der Waals surface area contributed by atoms with Crippen LogP contribution in [0.2, 0.25) is 0 Å². The molecule has 2 heteroatoms. The third kappa shape index (κ3) is 1.72. The van der Waals surface area contributed by atoms with Gasteiger partial charge in [0.15, 0.2) is 0 Å². The lowest BCUT2D eigenvalue weighted by molar-refractivity contribution is 0.409. The van der Waals surface area contributed by atoms with Crippen LogP contribution in [0.5, 0.6) is 5.75 Å². The molecule has 1 atom stereocenters. The van der Waals surface area contributed by atoms with E-state index in [1.807, 2.05) is 0 Å². The van der Waals surface area contributed by atoms with Gasteiger partial charge in [-0.25, -0.2) is 0 Å². The summed E-state index contributed by atoms with van der Waals surface area (Å²) in [5.41, 5.74) is 2.38. The minimum Gasteiger partial charge on any atom is -0.496 e. The third-order valence-corrected chi connectivity index (χ3v) is 2.02. The molecule has 0 saturated heterocycles. The first kappa shape index (κ1) is 8.55. The summed E-state index contributed by atoms with van der Waals surface area (Å²) in [5, 5.41) is 1.21. The topological polar surface area (TPSA) is 9.23 Å². The van der Waals surface area contributed by atoms with E-state index >= 15 is 0 Å². The zero-order valence-electron chi connectivity index (χ0n) is 7.14. The molecule has 0 fully saturated rings. The number of hydrogen-bond acceptors (Lipinski definition) is 1. The molecule has 0 aromatic heterocycles. The molecule has 0 heterocycles. The van der Waals surface area contributed by atoms with Crippen LogP contribution in [0.3, 0.4) is 0 Å². The maximum absolute atomic E-state index is 5.22. The van der Waals surface area contributed by atoms with Gasteiger partial charge in [0.2, 0.25) is 0 Å². The summed E-state index contributed by atoms with van der Waals surface area (Å²) in [6.45, 7) is 4.11. The highest BCUT2D eigenvalue weighted by atomic mass is 31.0. The van der Waals surface area contributed by atoms with Crippen LogP contribution in [0.1, 0.15) is 11.1 Å². The minimum atomic E-state index is 0.996. The standard InChI is InChI=1S/C9H13OP/c1-6-4-8(11)5-7(2)9(6)10-3/h4-5H,11H2,1-3H3. The zero-order chi connectivity index (χ0) is 8.43. The van der Waals surface area contributed by atoms with Crippen LogP contribution in [-0.2, 0) is 0 Å². The highest BCUT2D eigenvalue weighted by Gasteiger charge is 2.01. The number of methoxy groups -OCH3 is 1. The van der Waals surface area contributed by atoms with Gasteiger partial charge in [-0.2, -0.15) is 0 Å². The Labute approximate surface area is 70.0 Å². The summed E-state index contributed by atoms with van der Waals surface area (Å²) in [4.78, 5) is 0. The summed E-state index contributed by atoms with van der Waals surface area (Å²) < 4.78 is 5.22. The van der Waals surface area contributed by atoms with Gasteiger partial charge in [0.1, 0.15) is 5.75 Å². The molecule has 1 nitrogen and oxygen atoms in total. The van der Waals surface area contributed by atoms with Gasteiger partial charge in [-0.1, -0.05) is 0 Å². The molecule has 0 radical (unpaired) electrons. The van der Waals surface area contributed by atoms with Crippen LogP contribution in [0.4, 0.5) is 0 Å². The molecule has 0 spiro atoms. The van der Waals surface area contributed by atoms with Crippen molar-refractivity contribution in [1.82, 2.24) is 0 Å². The van der Waals surface area contributed by atoms with Crippen molar-refractivity contribution in [3.05, 3.63) is 23.3 Å². The SMILES string of the molecule is COc1c(C)cc(P)cc1C. The Hall–Kier alpha value is -0.550. The predicted octanol–water partition coefficient (Wildman–Crippen LogP) is 1.81. The third-order valence-electron chi connectivity index (χ3n) is 1.69. The zero-order valence-corrected chi connectivity index (χ0v) is 8.29. The van der Waals surface area contributed by atoms with Crippen molar-refractivity contribution in [2.75, 3.05) is 7.11 Å². The molecule has 0 N–H and O–H groups in total. The van der Waals surface area contributed by atoms with Crippen molar-refractivity contribution in [3.8, 4) is 5.75 Å². The van der Waals surface area contributed by atoms with E-state index in [2.05, 4.69) is 35.2 Å². The average molecular weight is 168 g/mol. The van der Waals surface area contributed by atoms with Gasteiger partial charge in [0.05, 0.1) is 7.11 Å². The van der Waals surface area contributed by atoms with Gasteiger partial charge in [0, 0.05) is 0 Å². The van der Waals surface area contributed by atoms with Crippen molar-refractivity contribution in [2.45, 2.75) is 13.8 Å². The first-order valence-electron chi connectivity index (χ1n) is 3.56. The highest BCUT2D eigenvalue weighted by molar-refractivity contribution is 7.27. The molecule has 1 aromatic carbocycles. The van der Waals surface area contributed by atoms with Crippen LogP contribution >= 0.6 is 9.24 Å². The number of benzene rings is 1. The van der Waals surface area contributed by atoms with Gasteiger partial charge in [-0.15, -0.1) is 9.24 Å². The van der Waals surface area contributed by atoms with Crippen LogP contribution in [0.25, 0.3) is 0 Å². The fourth-order valence-corrected chi connectivity index (χ4v) is 1.81. The monoisotopic (exact) mass is 168 g/mol. The molecule has 11 heavy (non-hydrogen) atoms. The van der Waals surface area contributed by atoms with E-state index in [9.17, 15) is 0 Å². The van der Waals surface area contributed by atoms with Crippen LogP contribution in [0, 0.1) is 13.8 Å². The van der Waals surface area contributed by atoms with E-state index in [0.717, 1.165) is 5.75 Å². The fraction of sp³-hybridized carbons (Fsp3) is 0.333. The molecule has 60 valence electrons. The van der Waals surface area contributed by atoms with Gasteiger partial charge in [-0.3, -0.25) is 0 Å². The second-order valence-corrected chi connectivity index (χ2v) is 3.35. The first-order valence-corrected chi connectivity index (χ1v) is 4.13. The molecule has 0 saturated carbocycles. The van der Waals surface area contributed by atoms with Gasteiger partial charge < -0.3 is 4.74 Å². The molecule has 0 amide bonds. The summed E-state index contributed by atoms with van der Waals surface area (Å²) in [7, 11) is 4.39. The number of aryl methyl sites for hydroxylation is 2. The molecule has 1 unspecified atom stereocenters. The molecule has 1 aromatic rings. The lowest BCUT2D eigenvalue weighted by atomic mass is 10.1. The summed E-state index contributed by atoms with van der Waals surface area (Å²) in [6, 6.07) is 4.19. The molecular formula is C9H13OP. The summed E-state index contributed by atoms with van der Waals surface area (Å²) in [5.74, 6) is 0.996. The Balaban J connectivity index is 3.25. The molecule has 0 aliphatic heterocycles. The Kier molecular flexibility index (Phi) is 2.51. The van der Waals surface area contributed by atoms with E-state index in [0.29, 0.717) is 0 Å². The predicted molar refractivity (Wildman–Crippen MR) is 51.8 cm³/mol. The second kappa shape index (κ2) is 3.23. The lowest BCUT2D eigenvalue weighted by Gasteiger charge is -2.08. The fourth-order valence-electron chi connectivity index (χ4n) is 1.31. The van der Waals surface area contributed by atoms with E-state index in [-0.39, 0.29) is 0 Å². The van der Waals surface area contributed by atoms with Crippen molar-refractivity contribution >= 4 is 14.5 Å². The average Bonchev–Trinajstić information content (AvgIpc) is 1.85. The lowest BCUT2D eigenvalue weighted by Crippen LogP contribution is -1.97. The largest absolute Gasteiger partial charge is 0.496 e. The van der Waals surface area contributed by atoms with Gasteiger partial charge in [-0.05, 0) is 42.4 Å². The maximum atomic E-state index is 5.22. The van der Waals surface area contributed by atoms with Gasteiger partial charge in [0.25, 0.3) is 0 Å². The van der Waals surface area contributed by atoms with Crippen LogP contribution in [-0.4, -0.2) is 7.11 Å². The molecule has 0 bridgehead atoms. The Morgan fingerprint density at radius 1 is 1.18 bits per heavy atom. The first-order chi connectivity index (χ1) is 5.15. The maximum Gasteiger partial charge on any atom is 0.124 e. The van der Waals surface area contributed by atoms with E-state index in [1.165, 1.54) is 16.4 Å². The van der Waals surface area contributed by atoms with Gasteiger partial charge >= 0.3 is 0 Å². The van der Waals surface area contributed by atoms with Crippen LogP contribution in [0.15, 0.2) is 12.1 Å². The highest BCUT2D eigenvalue weighted by Crippen LogP contribution is 2.21. The van der Waals surface area contributed by atoms with E-state index < -0.39 is 0 Å². The number of hydrogen-bond donors (Lipinski definition) is 0. The second-order valence-electron chi connectivity index (χ2n) is 2.69. The minimum absolute atomic E-state index is 0.996. The number of rotatable bonds is 1. The van der Waals surface area contributed by atoms with Crippen molar-refractivity contribution < 1.29 is 4.74 Å². The Bertz CT molecular complexity index is 245. The molecule has 0 aliphatic carbocycles. The summed E-state index contributed by atoms with van der Waals surface area (Å²) in [6.07, 6.45) is 0. The Morgan fingerprint density at radius 2 is 1.64 bits per heavy atom. The van der Waals surface area contributed by atoms with E-state index in [1.54, 1.807) is 7.11 Å². The number of ether oxygens (including phenoxy) is 1. The quantitative estimate of drug-likeness (QED) is 0.581. The molecule has 1 rings (SSSR count). The van der Waals surface area contributed by atoms with E-state index in [4.69, 9.17) is 4.74 Å². The van der Waals surface area contributed by atoms with Crippen molar-refractivity contribution in [1.29, 1.82) is 0 Å². The Morgan fingerprint density at radius 3 is 2.00 bits per heavy atom. The summed E-state index contributed by atoms with van der Waals surface area (Å²) >= 11 is 0. The van der Waals surface area contributed by atoms with Crippen molar-refractivity contribution in [2.24, 2.45) is 0 Å². The molecule has 0 aliphatic rings. The van der Waals surface area contributed by atoms with Crippen LogP contribution < -0.4 is 10.0 Å². The smallest absolute Gasteiger partial charge is 0.124 e. The molecular weight excluding hydrogens is 155 g/mol. The normalized spacial score (nSPS) is 9.82. The van der Waals surface area contributed by atoms with Crippen molar-refractivity contribution in [3.63, 3.8) is 0 Å².